The minimum Gasteiger partial charge on any atom is -0.399 e. The molecule has 7 heteroatoms. The number of H-pyrrole nitrogens is 1. The molecule has 0 aliphatic carbocycles. The highest BCUT2D eigenvalue weighted by atomic mass is 16.1. The van der Waals surface area contributed by atoms with Crippen LogP contribution in [0.5, 0.6) is 0 Å². The zero-order valence-electron chi connectivity index (χ0n) is 13.6. The fraction of sp³-hybridized carbons (Fsp3) is 0.222. The van der Waals surface area contributed by atoms with Gasteiger partial charge < -0.3 is 10.7 Å². The number of nitrogens with zero attached hydrogens (tertiary/aromatic N) is 4. The Kier molecular flexibility index (Phi) is 3.99. The molecule has 0 spiro atoms. The normalized spacial score (nSPS) is 14.2. The van der Waals surface area contributed by atoms with Gasteiger partial charge >= 0.3 is 0 Å². The molecule has 1 aliphatic rings. The highest BCUT2D eigenvalue weighted by molar-refractivity contribution is 5.58. The van der Waals surface area contributed by atoms with Gasteiger partial charge in [-0.3, -0.25) is 9.69 Å². The lowest BCUT2D eigenvalue weighted by molar-refractivity contribution is 0.241. The lowest BCUT2D eigenvalue weighted by Gasteiger charge is -2.27. The van der Waals surface area contributed by atoms with Gasteiger partial charge in [0.25, 0.3) is 5.56 Å². The molecular weight excluding hydrogens is 316 g/mol. The largest absolute Gasteiger partial charge is 0.399 e. The van der Waals surface area contributed by atoms with Crippen LogP contribution in [0.2, 0.25) is 0 Å². The highest BCUT2D eigenvalue weighted by Gasteiger charge is 2.21. The number of hydrogen-bond donors (Lipinski definition) is 2. The molecule has 0 saturated carbocycles. The van der Waals surface area contributed by atoms with E-state index in [2.05, 4.69) is 24.8 Å². The van der Waals surface area contributed by atoms with Crippen LogP contribution in [-0.2, 0) is 19.5 Å². The van der Waals surface area contributed by atoms with E-state index in [0.717, 1.165) is 41.9 Å². The van der Waals surface area contributed by atoms with E-state index in [4.69, 9.17) is 5.73 Å². The molecule has 126 valence electrons. The Morgan fingerprint density at radius 2 is 1.92 bits per heavy atom. The molecule has 3 heterocycles. The first-order valence-electron chi connectivity index (χ1n) is 8.13. The maximum absolute atomic E-state index is 12.6. The summed E-state index contributed by atoms with van der Waals surface area (Å²) in [5.41, 5.74) is 9.83. The van der Waals surface area contributed by atoms with Crippen molar-refractivity contribution in [3.63, 3.8) is 0 Å². The van der Waals surface area contributed by atoms with E-state index >= 15 is 0 Å². The molecule has 4 rings (SSSR count). The monoisotopic (exact) mass is 334 g/mol. The van der Waals surface area contributed by atoms with Crippen molar-refractivity contribution in [1.29, 1.82) is 0 Å². The van der Waals surface area contributed by atoms with Crippen molar-refractivity contribution in [1.82, 2.24) is 24.8 Å². The standard InChI is InChI=1S/C18H18N6O/c19-14-3-1-13(2-4-14)17-22-16-5-6-24(10-15(16)18(25)23-17)9-12-7-20-11-21-8-12/h1-4,7-8,11H,5-6,9-10,19H2,(H,22,23,25). The average Bonchev–Trinajstić information content (AvgIpc) is 2.63. The molecule has 0 fully saturated rings. The van der Waals surface area contributed by atoms with Gasteiger partial charge in [-0.25, -0.2) is 15.0 Å². The predicted octanol–water partition coefficient (Wildman–Crippen LogP) is 1.37. The molecule has 7 nitrogen and oxygen atoms in total. The zero-order valence-corrected chi connectivity index (χ0v) is 13.6. The third-order valence-corrected chi connectivity index (χ3v) is 4.35. The summed E-state index contributed by atoms with van der Waals surface area (Å²) in [6.07, 6.45) is 5.86. The Hall–Kier alpha value is -3.06. The SMILES string of the molecule is Nc1ccc(-c2nc3c(c(=O)[nH]2)CN(Cc2cncnc2)CC3)cc1. The van der Waals surface area contributed by atoms with Crippen molar-refractivity contribution in [3.8, 4) is 11.4 Å². The van der Waals surface area contributed by atoms with Gasteiger partial charge in [-0.15, -0.1) is 0 Å². The van der Waals surface area contributed by atoms with E-state index in [1.54, 1.807) is 24.5 Å². The Balaban J connectivity index is 1.59. The molecule has 25 heavy (non-hydrogen) atoms. The fourth-order valence-electron chi connectivity index (χ4n) is 3.06. The molecule has 1 aromatic carbocycles. The number of nitrogens with two attached hydrogens (primary N) is 1. The molecule has 0 saturated heterocycles. The second-order valence-corrected chi connectivity index (χ2v) is 6.17. The molecule has 0 unspecified atom stereocenters. The number of rotatable bonds is 3. The molecule has 2 aromatic heterocycles. The summed E-state index contributed by atoms with van der Waals surface area (Å²) >= 11 is 0. The summed E-state index contributed by atoms with van der Waals surface area (Å²) in [6.45, 7) is 2.15. The number of benzene rings is 1. The third-order valence-electron chi connectivity index (χ3n) is 4.35. The van der Waals surface area contributed by atoms with Crippen molar-refractivity contribution in [2.24, 2.45) is 0 Å². The van der Waals surface area contributed by atoms with E-state index in [0.29, 0.717) is 18.1 Å². The molecule has 3 N–H and O–H groups in total. The second-order valence-electron chi connectivity index (χ2n) is 6.17. The molecule has 0 bridgehead atoms. The van der Waals surface area contributed by atoms with Crippen LogP contribution in [0.1, 0.15) is 16.8 Å². The Morgan fingerprint density at radius 1 is 1.16 bits per heavy atom. The first-order valence-corrected chi connectivity index (χ1v) is 8.13. The van der Waals surface area contributed by atoms with E-state index in [-0.39, 0.29) is 5.56 Å². The van der Waals surface area contributed by atoms with Crippen LogP contribution in [-0.4, -0.2) is 31.4 Å². The summed E-state index contributed by atoms with van der Waals surface area (Å²) in [5.74, 6) is 0.591. The number of hydrogen-bond acceptors (Lipinski definition) is 6. The number of anilines is 1. The number of fused-ring (bicyclic) bond motifs is 1. The first kappa shape index (κ1) is 15.5. The molecule has 3 aromatic rings. The number of nitrogen functional groups attached to an aromatic ring is 1. The van der Waals surface area contributed by atoms with Gasteiger partial charge in [0.1, 0.15) is 12.2 Å². The second kappa shape index (κ2) is 6.45. The highest BCUT2D eigenvalue weighted by Crippen LogP contribution is 2.20. The summed E-state index contributed by atoms with van der Waals surface area (Å²) in [5, 5.41) is 0. The predicted molar refractivity (Wildman–Crippen MR) is 94.6 cm³/mol. The van der Waals surface area contributed by atoms with Crippen LogP contribution in [0.15, 0.2) is 47.8 Å². The maximum atomic E-state index is 12.6. The lowest BCUT2D eigenvalue weighted by Crippen LogP contribution is -2.35. The Morgan fingerprint density at radius 3 is 2.68 bits per heavy atom. The molecular formula is C18H18N6O. The molecule has 1 aliphatic heterocycles. The summed E-state index contributed by atoms with van der Waals surface area (Å²) in [6, 6.07) is 7.34. The van der Waals surface area contributed by atoms with Gasteiger partial charge in [-0.05, 0) is 24.3 Å². The van der Waals surface area contributed by atoms with Gasteiger partial charge in [-0.2, -0.15) is 0 Å². The van der Waals surface area contributed by atoms with Crippen molar-refractivity contribution in [2.45, 2.75) is 19.5 Å². The van der Waals surface area contributed by atoms with E-state index in [9.17, 15) is 4.79 Å². The van der Waals surface area contributed by atoms with Crippen molar-refractivity contribution >= 4 is 5.69 Å². The first-order chi connectivity index (χ1) is 12.2. The summed E-state index contributed by atoms with van der Waals surface area (Å²) in [7, 11) is 0. The third kappa shape index (κ3) is 3.27. The van der Waals surface area contributed by atoms with Crippen LogP contribution < -0.4 is 11.3 Å². The Bertz CT molecular complexity index is 936. The number of aromatic amines is 1. The van der Waals surface area contributed by atoms with E-state index in [1.807, 2.05) is 12.1 Å². The maximum Gasteiger partial charge on any atom is 0.255 e. The zero-order chi connectivity index (χ0) is 17.2. The number of aromatic nitrogens is 4. The van der Waals surface area contributed by atoms with Crippen LogP contribution in [0.25, 0.3) is 11.4 Å². The fourth-order valence-corrected chi connectivity index (χ4v) is 3.06. The lowest BCUT2D eigenvalue weighted by atomic mass is 10.1. The quantitative estimate of drug-likeness (QED) is 0.702. The molecule has 0 radical (unpaired) electrons. The van der Waals surface area contributed by atoms with Crippen molar-refractivity contribution < 1.29 is 0 Å². The number of nitrogens with one attached hydrogen (secondary N) is 1. The van der Waals surface area contributed by atoms with Gasteiger partial charge in [0.05, 0.1) is 11.3 Å². The summed E-state index contributed by atoms with van der Waals surface area (Å²) < 4.78 is 0. The smallest absolute Gasteiger partial charge is 0.255 e. The van der Waals surface area contributed by atoms with Crippen LogP contribution in [0, 0.1) is 0 Å². The van der Waals surface area contributed by atoms with Gasteiger partial charge in [0.15, 0.2) is 0 Å². The minimum absolute atomic E-state index is 0.0779. The van der Waals surface area contributed by atoms with Crippen LogP contribution >= 0.6 is 0 Å². The van der Waals surface area contributed by atoms with Crippen molar-refractivity contribution in [2.75, 3.05) is 12.3 Å². The average molecular weight is 334 g/mol. The van der Waals surface area contributed by atoms with Gasteiger partial charge in [-0.1, -0.05) is 0 Å². The van der Waals surface area contributed by atoms with E-state index < -0.39 is 0 Å². The van der Waals surface area contributed by atoms with Gasteiger partial charge in [0.2, 0.25) is 0 Å². The van der Waals surface area contributed by atoms with Crippen LogP contribution in [0.4, 0.5) is 5.69 Å². The van der Waals surface area contributed by atoms with E-state index in [1.165, 1.54) is 6.33 Å². The molecule has 0 atom stereocenters. The Labute approximate surface area is 144 Å². The molecule has 0 amide bonds. The van der Waals surface area contributed by atoms with Gasteiger partial charge in [0, 0.05) is 55.3 Å². The minimum atomic E-state index is -0.0779. The van der Waals surface area contributed by atoms with Crippen LogP contribution in [0.3, 0.4) is 0 Å². The van der Waals surface area contributed by atoms with Crippen molar-refractivity contribution in [3.05, 3.63) is 70.2 Å². The topological polar surface area (TPSA) is 101 Å². The summed E-state index contributed by atoms with van der Waals surface area (Å²) in [4.78, 5) is 30.4.